The number of halogens is 1. The quantitative estimate of drug-likeness (QED) is 0.299. The number of rotatable bonds is 8. The number of aryl methyl sites for hydroxylation is 1. The van der Waals surface area contributed by atoms with E-state index in [1.54, 1.807) is 7.05 Å². The topological polar surface area (TPSA) is 74.8 Å². The summed E-state index contributed by atoms with van der Waals surface area (Å²) in [5, 5.41) is 9.04. The third kappa shape index (κ3) is 9.07. The molecule has 6 nitrogen and oxygen atoms in total. The number of benzene rings is 2. The molecule has 1 atom stereocenters. The van der Waals surface area contributed by atoms with Crippen LogP contribution in [0.25, 0.3) is 0 Å². The van der Waals surface area contributed by atoms with Crippen LogP contribution in [0.5, 0.6) is 5.75 Å². The highest BCUT2D eigenvalue weighted by Gasteiger charge is 2.07. The molecule has 0 aliphatic rings. The first-order valence-corrected chi connectivity index (χ1v) is 9.05. The van der Waals surface area contributed by atoms with Crippen molar-refractivity contribution in [3.05, 3.63) is 65.7 Å². The summed E-state index contributed by atoms with van der Waals surface area (Å²) in [6, 6.07) is 17.7. The van der Waals surface area contributed by atoms with Crippen LogP contribution in [0.15, 0.2) is 59.6 Å². The fraction of sp³-hybridized carbons (Fsp3) is 0.333. The minimum absolute atomic E-state index is 0. The monoisotopic (exact) mass is 496 g/mol. The lowest BCUT2D eigenvalue weighted by Gasteiger charge is -2.18. The number of hydrogen-bond acceptors (Lipinski definition) is 3. The van der Waals surface area contributed by atoms with Gasteiger partial charge in [0, 0.05) is 13.6 Å². The second kappa shape index (κ2) is 13.0. The second-order valence-corrected chi connectivity index (χ2v) is 6.31. The summed E-state index contributed by atoms with van der Waals surface area (Å²) in [7, 11) is 1.67. The van der Waals surface area contributed by atoms with Gasteiger partial charge in [-0.1, -0.05) is 42.5 Å². The highest BCUT2D eigenvalue weighted by Crippen LogP contribution is 2.13. The molecule has 0 radical (unpaired) electrons. The highest BCUT2D eigenvalue weighted by atomic mass is 127. The molecule has 0 spiro atoms. The number of nitrogens with one attached hydrogen (secondary N) is 3. The number of carbonyl (C=O) groups is 1. The lowest BCUT2D eigenvalue weighted by Crippen LogP contribution is -2.45. The lowest BCUT2D eigenvalue weighted by atomic mass is 10.2. The van der Waals surface area contributed by atoms with E-state index >= 15 is 0 Å². The number of guanidine groups is 1. The molecule has 0 saturated carbocycles. The highest BCUT2D eigenvalue weighted by molar-refractivity contribution is 14.0. The molecule has 0 saturated heterocycles. The predicted octanol–water partition coefficient (Wildman–Crippen LogP) is 2.86. The molecule has 1 amide bonds. The summed E-state index contributed by atoms with van der Waals surface area (Å²) in [6.45, 7) is 5.24. The first kappa shape index (κ1) is 23.7. The van der Waals surface area contributed by atoms with E-state index in [1.807, 2.05) is 68.4 Å². The third-order valence-corrected chi connectivity index (χ3v) is 3.86. The van der Waals surface area contributed by atoms with Crippen molar-refractivity contribution in [2.24, 2.45) is 4.99 Å². The lowest BCUT2D eigenvalue weighted by molar-refractivity contribution is -0.120. The Morgan fingerprint density at radius 1 is 1.07 bits per heavy atom. The molecular formula is C21H29IN4O2. The normalized spacial score (nSPS) is 11.8. The summed E-state index contributed by atoms with van der Waals surface area (Å²) in [4.78, 5) is 16.1. The minimum Gasteiger partial charge on any atom is -0.489 e. The Labute approximate surface area is 184 Å². The molecule has 0 fully saturated rings. The van der Waals surface area contributed by atoms with Gasteiger partial charge in [-0.3, -0.25) is 9.79 Å². The molecule has 0 aliphatic heterocycles. The molecule has 1 unspecified atom stereocenters. The van der Waals surface area contributed by atoms with E-state index in [1.165, 1.54) is 0 Å². The fourth-order valence-corrected chi connectivity index (χ4v) is 2.45. The van der Waals surface area contributed by atoms with Crippen molar-refractivity contribution in [3.8, 4) is 5.75 Å². The molecule has 0 heterocycles. The van der Waals surface area contributed by atoms with Gasteiger partial charge in [-0.2, -0.15) is 0 Å². The molecule has 0 aromatic heterocycles. The van der Waals surface area contributed by atoms with Crippen LogP contribution in [-0.2, 0) is 11.3 Å². The van der Waals surface area contributed by atoms with E-state index in [-0.39, 0.29) is 42.5 Å². The van der Waals surface area contributed by atoms with E-state index in [2.05, 4.69) is 20.9 Å². The molecule has 0 bridgehead atoms. The van der Waals surface area contributed by atoms with Crippen LogP contribution in [0.1, 0.15) is 18.1 Å². The summed E-state index contributed by atoms with van der Waals surface area (Å²) >= 11 is 0. The number of ether oxygens (including phenoxy) is 1. The number of carbonyl (C=O) groups excluding carboxylic acids is 1. The van der Waals surface area contributed by atoms with Crippen LogP contribution in [0.4, 0.5) is 0 Å². The maximum absolute atomic E-state index is 12.0. The standard InChI is InChI=1S/C21H28N4O2.HI/c1-16-8-7-11-19(12-16)27-17(2)13-24-21(22-3)25-15-20(26)23-14-18-9-5-4-6-10-18;/h4-12,17H,13-15H2,1-3H3,(H,23,26)(H2,22,24,25);1H. The zero-order valence-corrected chi connectivity index (χ0v) is 18.9. The van der Waals surface area contributed by atoms with Gasteiger partial charge in [0.2, 0.25) is 5.91 Å². The zero-order chi connectivity index (χ0) is 19.5. The molecule has 28 heavy (non-hydrogen) atoms. The summed E-state index contributed by atoms with van der Waals surface area (Å²) in [5.74, 6) is 1.31. The van der Waals surface area contributed by atoms with Crippen LogP contribution in [0, 0.1) is 6.92 Å². The van der Waals surface area contributed by atoms with Crippen molar-refractivity contribution in [3.63, 3.8) is 0 Å². The Balaban J connectivity index is 0.00000392. The Morgan fingerprint density at radius 2 is 1.82 bits per heavy atom. The average molecular weight is 496 g/mol. The van der Waals surface area contributed by atoms with Crippen molar-refractivity contribution in [2.45, 2.75) is 26.5 Å². The predicted molar refractivity (Wildman–Crippen MR) is 124 cm³/mol. The van der Waals surface area contributed by atoms with Crippen molar-refractivity contribution >= 4 is 35.8 Å². The number of nitrogens with zero attached hydrogens (tertiary/aromatic N) is 1. The molecule has 2 rings (SSSR count). The summed E-state index contributed by atoms with van der Waals surface area (Å²) < 4.78 is 5.88. The Morgan fingerprint density at radius 3 is 2.50 bits per heavy atom. The van der Waals surface area contributed by atoms with Gasteiger partial charge < -0.3 is 20.7 Å². The van der Waals surface area contributed by atoms with E-state index in [0.717, 1.165) is 16.9 Å². The van der Waals surface area contributed by atoms with Crippen LogP contribution in [-0.4, -0.2) is 38.1 Å². The molecule has 0 aliphatic carbocycles. The van der Waals surface area contributed by atoms with Gasteiger partial charge >= 0.3 is 0 Å². The van der Waals surface area contributed by atoms with Crippen molar-refractivity contribution in [1.82, 2.24) is 16.0 Å². The molecule has 7 heteroatoms. The van der Waals surface area contributed by atoms with Crippen molar-refractivity contribution in [2.75, 3.05) is 20.1 Å². The van der Waals surface area contributed by atoms with E-state index < -0.39 is 0 Å². The van der Waals surface area contributed by atoms with Gasteiger partial charge in [-0.25, -0.2) is 0 Å². The van der Waals surface area contributed by atoms with Crippen LogP contribution >= 0.6 is 24.0 Å². The summed E-state index contributed by atoms with van der Waals surface area (Å²) in [5.41, 5.74) is 2.22. The largest absolute Gasteiger partial charge is 0.489 e. The Kier molecular flexibility index (Phi) is 11.0. The zero-order valence-electron chi connectivity index (χ0n) is 16.6. The molecule has 152 valence electrons. The first-order chi connectivity index (χ1) is 13.1. The summed E-state index contributed by atoms with van der Waals surface area (Å²) in [6.07, 6.45) is -0.0442. The van der Waals surface area contributed by atoms with Gasteiger partial charge in [-0.15, -0.1) is 24.0 Å². The maximum Gasteiger partial charge on any atom is 0.239 e. The molecule has 2 aromatic carbocycles. The molecule has 3 N–H and O–H groups in total. The van der Waals surface area contributed by atoms with E-state index in [9.17, 15) is 4.79 Å². The first-order valence-electron chi connectivity index (χ1n) is 9.05. The molecule has 2 aromatic rings. The van der Waals surface area contributed by atoms with Crippen molar-refractivity contribution < 1.29 is 9.53 Å². The van der Waals surface area contributed by atoms with Gasteiger partial charge in [0.1, 0.15) is 11.9 Å². The maximum atomic E-state index is 12.0. The smallest absolute Gasteiger partial charge is 0.239 e. The minimum atomic E-state index is -0.0918. The SMILES string of the molecule is CN=C(NCC(=O)NCc1ccccc1)NCC(C)Oc1cccc(C)c1.I. The number of aliphatic imine (C=N–C) groups is 1. The van der Waals surface area contributed by atoms with Crippen LogP contribution in [0.2, 0.25) is 0 Å². The van der Waals surface area contributed by atoms with Gasteiger partial charge in [0.25, 0.3) is 0 Å². The van der Waals surface area contributed by atoms with Gasteiger partial charge in [0.05, 0.1) is 13.1 Å². The van der Waals surface area contributed by atoms with E-state index in [4.69, 9.17) is 4.74 Å². The third-order valence-electron chi connectivity index (χ3n) is 3.86. The Hall–Kier alpha value is -2.29. The molecular weight excluding hydrogens is 467 g/mol. The number of hydrogen-bond donors (Lipinski definition) is 3. The van der Waals surface area contributed by atoms with E-state index in [0.29, 0.717) is 19.0 Å². The van der Waals surface area contributed by atoms with Gasteiger partial charge in [-0.05, 0) is 37.1 Å². The van der Waals surface area contributed by atoms with Gasteiger partial charge in [0.15, 0.2) is 5.96 Å². The number of amides is 1. The van der Waals surface area contributed by atoms with Crippen molar-refractivity contribution in [1.29, 1.82) is 0 Å². The second-order valence-electron chi connectivity index (χ2n) is 6.31. The fourth-order valence-electron chi connectivity index (χ4n) is 2.45. The van der Waals surface area contributed by atoms with Crippen LogP contribution < -0.4 is 20.7 Å². The van der Waals surface area contributed by atoms with Crippen LogP contribution in [0.3, 0.4) is 0 Å². The Bertz CT molecular complexity index is 753. The average Bonchev–Trinajstić information content (AvgIpc) is 2.67.